The van der Waals surface area contributed by atoms with Crippen LogP contribution in [0.5, 0.6) is 0 Å². The Morgan fingerprint density at radius 2 is 2.22 bits per heavy atom. The molecule has 2 rings (SSSR count). The molecular weight excluding hydrogens is 228 g/mol. The largest absolute Gasteiger partial charge is 0.364 e. The van der Waals surface area contributed by atoms with Crippen molar-refractivity contribution in [2.45, 2.75) is 19.4 Å². The molecule has 0 aliphatic carbocycles. The van der Waals surface area contributed by atoms with E-state index in [1.165, 1.54) is 0 Å². The molecular formula is C13H16N4O. The van der Waals surface area contributed by atoms with Crippen LogP contribution in [0.15, 0.2) is 36.5 Å². The molecule has 1 aromatic heterocycles. The van der Waals surface area contributed by atoms with Gasteiger partial charge >= 0.3 is 0 Å². The van der Waals surface area contributed by atoms with E-state index in [1.807, 2.05) is 31.2 Å². The van der Waals surface area contributed by atoms with Gasteiger partial charge in [0, 0.05) is 12.2 Å². The zero-order valence-corrected chi connectivity index (χ0v) is 10.2. The minimum absolute atomic E-state index is 0.0103. The SMILES string of the molecule is CCC(N)c1cccc(-n2ccc(C(N)=O)n2)c1. The average Bonchev–Trinajstić information content (AvgIpc) is 2.88. The Morgan fingerprint density at radius 3 is 2.83 bits per heavy atom. The van der Waals surface area contributed by atoms with Crippen LogP contribution >= 0.6 is 0 Å². The van der Waals surface area contributed by atoms with E-state index in [-0.39, 0.29) is 11.7 Å². The minimum Gasteiger partial charge on any atom is -0.364 e. The van der Waals surface area contributed by atoms with E-state index in [2.05, 4.69) is 5.10 Å². The van der Waals surface area contributed by atoms with Crippen LogP contribution in [0.2, 0.25) is 0 Å². The number of nitrogens with two attached hydrogens (primary N) is 2. The predicted molar refractivity (Wildman–Crippen MR) is 69.3 cm³/mol. The van der Waals surface area contributed by atoms with Gasteiger partial charge in [-0.05, 0) is 30.2 Å². The molecule has 4 N–H and O–H groups in total. The van der Waals surface area contributed by atoms with Gasteiger partial charge in [-0.3, -0.25) is 4.79 Å². The van der Waals surface area contributed by atoms with Crippen LogP contribution < -0.4 is 11.5 Å². The van der Waals surface area contributed by atoms with E-state index in [4.69, 9.17) is 11.5 Å². The van der Waals surface area contributed by atoms with E-state index >= 15 is 0 Å². The van der Waals surface area contributed by atoms with Gasteiger partial charge in [0.05, 0.1) is 5.69 Å². The molecule has 5 heteroatoms. The van der Waals surface area contributed by atoms with Crippen LogP contribution in [0.1, 0.15) is 35.4 Å². The van der Waals surface area contributed by atoms with E-state index in [1.54, 1.807) is 16.9 Å². The third-order valence-electron chi connectivity index (χ3n) is 2.84. The highest BCUT2D eigenvalue weighted by atomic mass is 16.1. The van der Waals surface area contributed by atoms with E-state index in [9.17, 15) is 4.79 Å². The van der Waals surface area contributed by atoms with Gasteiger partial charge in [0.1, 0.15) is 5.69 Å². The first-order valence-corrected chi connectivity index (χ1v) is 5.83. The smallest absolute Gasteiger partial charge is 0.269 e. The number of hydrogen-bond acceptors (Lipinski definition) is 3. The van der Waals surface area contributed by atoms with Crippen LogP contribution in [0.3, 0.4) is 0 Å². The molecule has 18 heavy (non-hydrogen) atoms. The molecule has 2 aromatic rings. The summed E-state index contributed by atoms with van der Waals surface area (Å²) in [5.41, 5.74) is 13.3. The second kappa shape index (κ2) is 5.01. The maximum atomic E-state index is 11.0. The molecule has 0 spiro atoms. The molecule has 0 saturated carbocycles. The van der Waals surface area contributed by atoms with Gasteiger partial charge in [0.15, 0.2) is 0 Å². The molecule has 1 unspecified atom stereocenters. The van der Waals surface area contributed by atoms with Crippen molar-refractivity contribution in [2.24, 2.45) is 11.5 Å². The monoisotopic (exact) mass is 244 g/mol. The fraction of sp³-hybridized carbons (Fsp3) is 0.231. The Hall–Kier alpha value is -2.14. The Labute approximate surface area is 105 Å². The normalized spacial score (nSPS) is 12.3. The molecule has 0 saturated heterocycles. The number of carbonyl (C=O) groups is 1. The van der Waals surface area contributed by atoms with Gasteiger partial charge in [-0.1, -0.05) is 19.1 Å². The van der Waals surface area contributed by atoms with Gasteiger partial charge in [-0.2, -0.15) is 5.10 Å². The van der Waals surface area contributed by atoms with Gasteiger partial charge in [-0.15, -0.1) is 0 Å². The molecule has 0 fully saturated rings. The van der Waals surface area contributed by atoms with Crippen molar-refractivity contribution in [3.63, 3.8) is 0 Å². The topological polar surface area (TPSA) is 86.9 Å². The maximum absolute atomic E-state index is 11.0. The third kappa shape index (κ3) is 2.41. The molecule has 1 heterocycles. The Bertz CT molecular complexity index is 562. The number of hydrogen-bond donors (Lipinski definition) is 2. The first kappa shape index (κ1) is 12.3. The molecule has 0 aliphatic rings. The van der Waals surface area contributed by atoms with Crippen LogP contribution in [0, 0.1) is 0 Å². The second-order valence-corrected chi connectivity index (χ2v) is 4.12. The number of rotatable bonds is 4. The third-order valence-corrected chi connectivity index (χ3v) is 2.84. The van der Waals surface area contributed by atoms with Crippen LogP contribution in [0.4, 0.5) is 0 Å². The summed E-state index contributed by atoms with van der Waals surface area (Å²) in [6, 6.07) is 9.38. The number of amides is 1. The summed E-state index contributed by atoms with van der Waals surface area (Å²) in [7, 11) is 0. The van der Waals surface area contributed by atoms with Crippen molar-refractivity contribution in [1.29, 1.82) is 0 Å². The lowest BCUT2D eigenvalue weighted by Crippen LogP contribution is -2.12. The zero-order valence-electron chi connectivity index (χ0n) is 10.2. The van der Waals surface area contributed by atoms with E-state index in [0.29, 0.717) is 0 Å². The van der Waals surface area contributed by atoms with Gasteiger partial charge in [-0.25, -0.2) is 4.68 Å². The predicted octanol–water partition coefficient (Wildman–Crippen LogP) is 1.38. The number of primary amides is 1. The van der Waals surface area contributed by atoms with Crippen molar-refractivity contribution >= 4 is 5.91 Å². The summed E-state index contributed by atoms with van der Waals surface area (Å²) < 4.78 is 1.62. The van der Waals surface area contributed by atoms with Crippen LogP contribution in [0.25, 0.3) is 5.69 Å². The van der Waals surface area contributed by atoms with Gasteiger partial charge < -0.3 is 11.5 Å². The molecule has 5 nitrogen and oxygen atoms in total. The number of benzene rings is 1. The fourth-order valence-electron chi connectivity index (χ4n) is 1.73. The lowest BCUT2D eigenvalue weighted by Gasteiger charge is -2.10. The molecule has 1 atom stereocenters. The lowest BCUT2D eigenvalue weighted by molar-refractivity contribution is 0.0995. The molecule has 0 aliphatic heterocycles. The molecule has 0 bridgehead atoms. The zero-order chi connectivity index (χ0) is 13.1. The van der Waals surface area contributed by atoms with Crippen LogP contribution in [-0.2, 0) is 0 Å². The highest BCUT2D eigenvalue weighted by Crippen LogP contribution is 2.17. The summed E-state index contributed by atoms with van der Waals surface area (Å²) >= 11 is 0. The van der Waals surface area contributed by atoms with Crippen molar-refractivity contribution in [3.8, 4) is 5.69 Å². The summed E-state index contributed by atoms with van der Waals surface area (Å²) in [6.07, 6.45) is 2.58. The quantitative estimate of drug-likeness (QED) is 0.851. The van der Waals surface area contributed by atoms with Crippen molar-refractivity contribution in [2.75, 3.05) is 0 Å². The van der Waals surface area contributed by atoms with Crippen LogP contribution in [-0.4, -0.2) is 15.7 Å². The Kier molecular flexibility index (Phi) is 3.43. The van der Waals surface area contributed by atoms with E-state index in [0.717, 1.165) is 17.7 Å². The van der Waals surface area contributed by atoms with Gasteiger partial charge in [0.2, 0.25) is 0 Å². The van der Waals surface area contributed by atoms with Gasteiger partial charge in [0.25, 0.3) is 5.91 Å². The first-order valence-electron chi connectivity index (χ1n) is 5.83. The summed E-state index contributed by atoms with van der Waals surface area (Å²) in [4.78, 5) is 11.0. The molecule has 1 amide bonds. The average molecular weight is 244 g/mol. The highest BCUT2D eigenvalue weighted by Gasteiger charge is 2.08. The van der Waals surface area contributed by atoms with Crippen molar-refractivity contribution in [3.05, 3.63) is 47.8 Å². The van der Waals surface area contributed by atoms with E-state index < -0.39 is 5.91 Å². The Morgan fingerprint density at radius 1 is 1.44 bits per heavy atom. The molecule has 94 valence electrons. The second-order valence-electron chi connectivity index (χ2n) is 4.12. The number of nitrogens with zero attached hydrogens (tertiary/aromatic N) is 2. The Balaban J connectivity index is 2.35. The lowest BCUT2D eigenvalue weighted by atomic mass is 10.1. The fourth-order valence-corrected chi connectivity index (χ4v) is 1.73. The summed E-state index contributed by atoms with van der Waals surface area (Å²) in [5, 5.41) is 4.11. The minimum atomic E-state index is -0.532. The standard InChI is InChI=1S/C13H16N4O/c1-2-11(14)9-4-3-5-10(8-9)17-7-6-12(16-17)13(15)18/h3-8,11H,2,14H2,1H3,(H2,15,18). The molecule has 1 aromatic carbocycles. The summed E-state index contributed by atoms with van der Waals surface area (Å²) in [5.74, 6) is -0.532. The maximum Gasteiger partial charge on any atom is 0.269 e. The first-order chi connectivity index (χ1) is 8.61. The highest BCUT2D eigenvalue weighted by molar-refractivity contribution is 5.90. The van der Waals surface area contributed by atoms with Crippen molar-refractivity contribution in [1.82, 2.24) is 9.78 Å². The van der Waals surface area contributed by atoms with Crippen molar-refractivity contribution < 1.29 is 4.79 Å². The summed E-state index contributed by atoms with van der Waals surface area (Å²) in [6.45, 7) is 2.04. The number of aromatic nitrogens is 2. The number of carbonyl (C=O) groups excluding carboxylic acids is 1. The molecule has 0 radical (unpaired) electrons.